The number of ether oxygens (including phenoxy) is 1. The van der Waals surface area contributed by atoms with E-state index in [2.05, 4.69) is 10.0 Å². The van der Waals surface area contributed by atoms with Crippen LogP contribution in [0.1, 0.15) is 17.3 Å². The van der Waals surface area contributed by atoms with Crippen LogP contribution in [0.3, 0.4) is 0 Å². The zero-order chi connectivity index (χ0) is 13.8. The fraction of sp³-hybridized carbons (Fsp3) is 0.167. The zero-order valence-corrected chi connectivity index (χ0v) is 9.99. The lowest BCUT2D eigenvalue weighted by molar-refractivity contribution is 0.0523. The van der Waals surface area contributed by atoms with Crippen molar-refractivity contribution in [1.29, 1.82) is 0 Å². The van der Waals surface area contributed by atoms with Gasteiger partial charge < -0.3 is 9.15 Å². The summed E-state index contributed by atoms with van der Waals surface area (Å²) in [5.41, 5.74) is 7.46. The molecule has 7 heteroatoms. The minimum absolute atomic E-state index is 0.0761. The lowest BCUT2D eigenvalue weighted by Crippen LogP contribution is -2.16. The van der Waals surface area contributed by atoms with Crippen LogP contribution in [0, 0.1) is 0 Å². The number of fused-ring (bicyclic) bond motifs is 1. The quantitative estimate of drug-likeness (QED) is 0.277. The van der Waals surface area contributed by atoms with Crippen molar-refractivity contribution in [2.75, 3.05) is 6.61 Å². The standard InChI is InChI=1S/C12H9N3O4/c1-2-18-11(16)9-10(14-15-13)7-5-3-4-6-8(7)19-12(9)17/h3-6H,2H2,1H3. The van der Waals surface area contributed by atoms with Gasteiger partial charge in [0.15, 0.2) is 5.56 Å². The Hall–Kier alpha value is -2.79. The first-order valence-electron chi connectivity index (χ1n) is 5.47. The van der Waals surface area contributed by atoms with Crippen LogP contribution in [0.2, 0.25) is 0 Å². The number of rotatable bonds is 3. The Bertz CT molecular complexity index is 744. The van der Waals surface area contributed by atoms with Crippen molar-refractivity contribution in [3.8, 4) is 0 Å². The maximum atomic E-state index is 11.8. The molecule has 2 aromatic rings. The third-order valence-corrected chi connectivity index (χ3v) is 2.41. The second kappa shape index (κ2) is 5.24. The predicted octanol–water partition coefficient (Wildman–Crippen LogP) is 2.91. The Kier molecular flexibility index (Phi) is 3.49. The smallest absolute Gasteiger partial charge is 0.351 e. The lowest BCUT2D eigenvalue weighted by atomic mass is 10.1. The van der Waals surface area contributed by atoms with Crippen molar-refractivity contribution in [2.45, 2.75) is 6.92 Å². The van der Waals surface area contributed by atoms with Crippen LogP contribution >= 0.6 is 0 Å². The number of esters is 1. The summed E-state index contributed by atoms with van der Waals surface area (Å²) in [6.45, 7) is 1.70. The molecule has 0 amide bonds. The van der Waals surface area contributed by atoms with Crippen molar-refractivity contribution in [3.05, 3.63) is 50.7 Å². The number of carbonyl (C=O) groups is 1. The number of nitrogens with zero attached hydrogens (tertiary/aromatic N) is 3. The first kappa shape index (κ1) is 12.7. The average molecular weight is 259 g/mol. The van der Waals surface area contributed by atoms with Gasteiger partial charge in [0.1, 0.15) is 5.58 Å². The van der Waals surface area contributed by atoms with Gasteiger partial charge in [-0.2, -0.15) is 0 Å². The van der Waals surface area contributed by atoms with Crippen molar-refractivity contribution in [3.63, 3.8) is 0 Å². The lowest BCUT2D eigenvalue weighted by Gasteiger charge is -2.06. The van der Waals surface area contributed by atoms with Gasteiger partial charge in [0.05, 0.1) is 12.3 Å². The van der Waals surface area contributed by atoms with E-state index < -0.39 is 17.2 Å². The molecule has 0 bridgehead atoms. The maximum Gasteiger partial charge on any atom is 0.351 e. The highest BCUT2D eigenvalue weighted by Gasteiger charge is 2.21. The van der Waals surface area contributed by atoms with Gasteiger partial charge in [-0.1, -0.05) is 23.3 Å². The van der Waals surface area contributed by atoms with E-state index in [-0.39, 0.29) is 17.9 Å². The first-order chi connectivity index (χ1) is 9.19. The normalized spacial score (nSPS) is 9.95. The summed E-state index contributed by atoms with van der Waals surface area (Å²) in [6, 6.07) is 6.47. The van der Waals surface area contributed by atoms with E-state index >= 15 is 0 Å². The van der Waals surface area contributed by atoms with Gasteiger partial charge >= 0.3 is 11.6 Å². The van der Waals surface area contributed by atoms with Gasteiger partial charge in [0, 0.05) is 10.3 Å². The molecular weight excluding hydrogens is 250 g/mol. The van der Waals surface area contributed by atoms with Gasteiger partial charge in [-0.15, -0.1) is 0 Å². The van der Waals surface area contributed by atoms with Gasteiger partial charge in [-0.05, 0) is 18.5 Å². The van der Waals surface area contributed by atoms with Gasteiger partial charge in [-0.3, -0.25) is 0 Å². The monoisotopic (exact) mass is 259 g/mol. The second-order valence-electron chi connectivity index (χ2n) is 3.52. The molecule has 7 nitrogen and oxygen atoms in total. The van der Waals surface area contributed by atoms with E-state index in [0.29, 0.717) is 5.39 Å². The van der Waals surface area contributed by atoms with E-state index in [1.165, 1.54) is 0 Å². The first-order valence-corrected chi connectivity index (χ1v) is 5.47. The topological polar surface area (TPSA) is 105 Å². The summed E-state index contributed by atoms with van der Waals surface area (Å²) >= 11 is 0. The number of hydrogen-bond donors (Lipinski definition) is 0. The minimum atomic E-state index is -0.889. The molecule has 0 saturated carbocycles. The molecule has 0 spiro atoms. The summed E-state index contributed by atoms with van der Waals surface area (Å²) < 4.78 is 9.77. The van der Waals surface area contributed by atoms with E-state index in [1.54, 1.807) is 31.2 Å². The number of benzene rings is 1. The largest absolute Gasteiger partial charge is 0.462 e. The molecule has 0 aliphatic heterocycles. The van der Waals surface area contributed by atoms with Crippen molar-refractivity contribution in [2.24, 2.45) is 5.11 Å². The molecule has 1 aromatic carbocycles. The summed E-state index contributed by atoms with van der Waals surface area (Å²) in [5.74, 6) is -0.871. The number of azide groups is 1. The van der Waals surface area contributed by atoms with Crippen LogP contribution in [0.25, 0.3) is 21.4 Å². The molecule has 1 heterocycles. The van der Waals surface area contributed by atoms with Crippen LogP contribution in [0.15, 0.2) is 38.6 Å². The number of hydrogen-bond acceptors (Lipinski definition) is 5. The molecule has 0 radical (unpaired) electrons. The molecule has 2 rings (SSSR count). The molecule has 0 N–H and O–H groups in total. The molecule has 96 valence electrons. The number of para-hydroxylation sites is 1. The Labute approximate surface area is 107 Å². The zero-order valence-electron chi connectivity index (χ0n) is 9.99. The average Bonchev–Trinajstić information content (AvgIpc) is 2.39. The van der Waals surface area contributed by atoms with Crippen LogP contribution in [0.5, 0.6) is 0 Å². The highest BCUT2D eigenvalue weighted by Crippen LogP contribution is 2.28. The van der Waals surface area contributed by atoms with Crippen molar-refractivity contribution >= 4 is 22.6 Å². The molecule has 19 heavy (non-hydrogen) atoms. The summed E-state index contributed by atoms with van der Waals surface area (Å²) in [4.78, 5) is 26.2. The van der Waals surface area contributed by atoms with Crippen molar-refractivity contribution < 1.29 is 13.9 Å². The molecule has 0 aliphatic carbocycles. The molecule has 0 atom stereocenters. The summed E-state index contributed by atoms with van der Waals surface area (Å²) in [7, 11) is 0. The molecule has 0 unspecified atom stereocenters. The summed E-state index contributed by atoms with van der Waals surface area (Å²) in [5, 5.41) is 3.80. The van der Waals surface area contributed by atoms with E-state index in [9.17, 15) is 9.59 Å². The highest BCUT2D eigenvalue weighted by molar-refractivity contribution is 6.02. The van der Waals surface area contributed by atoms with Crippen LogP contribution in [0.4, 0.5) is 5.69 Å². The maximum absolute atomic E-state index is 11.8. The van der Waals surface area contributed by atoms with Crippen LogP contribution in [-0.2, 0) is 4.74 Å². The van der Waals surface area contributed by atoms with Crippen LogP contribution < -0.4 is 5.63 Å². The van der Waals surface area contributed by atoms with Crippen molar-refractivity contribution in [1.82, 2.24) is 0 Å². The fourth-order valence-electron chi connectivity index (χ4n) is 1.67. The Balaban J connectivity index is 2.85. The van der Waals surface area contributed by atoms with Gasteiger partial charge in [0.25, 0.3) is 0 Å². The molecule has 1 aromatic heterocycles. The van der Waals surface area contributed by atoms with E-state index in [4.69, 9.17) is 14.7 Å². The molecular formula is C12H9N3O4. The third-order valence-electron chi connectivity index (χ3n) is 2.41. The highest BCUT2D eigenvalue weighted by atomic mass is 16.5. The predicted molar refractivity (Wildman–Crippen MR) is 67.2 cm³/mol. The minimum Gasteiger partial charge on any atom is -0.462 e. The van der Waals surface area contributed by atoms with Crippen LogP contribution in [-0.4, -0.2) is 12.6 Å². The molecule has 0 aliphatic rings. The summed E-state index contributed by atoms with van der Waals surface area (Å²) in [6.07, 6.45) is 0. The Morgan fingerprint density at radius 2 is 2.21 bits per heavy atom. The Morgan fingerprint density at radius 3 is 2.89 bits per heavy atom. The van der Waals surface area contributed by atoms with E-state index in [0.717, 1.165) is 0 Å². The van der Waals surface area contributed by atoms with Gasteiger partial charge in [-0.25, -0.2) is 9.59 Å². The number of carbonyl (C=O) groups excluding carboxylic acids is 1. The van der Waals surface area contributed by atoms with E-state index in [1.807, 2.05) is 0 Å². The van der Waals surface area contributed by atoms with Gasteiger partial charge in [0.2, 0.25) is 0 Å². The third kappa shape index (κ3) is 2.27. The second-order valence-corrected chi connectivity index (χ2v) is 3.52. The Morgan fingerprint density at radius 1 is 1.47 bits per heavy atom. The SMILES string of the molecule is CCOC(=O)c1c(N=[N+]=[N-])c2ccccc2oc1=O. The molecule has 0 fully saturated rings. The molecule has 0 saturated heterocycles. The fourth-order valence-corrected chi connectivity index (χ4v) is 1.67.